The van der Waals surface area contributed by atoms with Crippen molar-refractivity contribution < 1.29 is 4.74 Å². The number of benzene rings is 1. The van der Waals surface area contributed by atoms with Gasteiger partial charge >= 0.3 is 6.01 Å². The van der Waals surface area contributed by atoms with Crippen LogP contribution in [-0.2, 0) is 6.61 Å². The molecule has 92 valence electrons. The maximum Gasteiger partial charge on any atom is 0.317 e. The molecule has 0 aliphatic heterocycles. The third-order valence-electron chi connectivity index (χ3n) is 2.22. The zero-order valence-corrected chi connectivity index (χ0v) is 10.2. The lowest BCUT2D eigenvalue weighted by Gasteiger charge is -2.06. The normalized spacial score (nSPS) is 10.1. The second kappa shape index (κ2) is 5.46. The number of nitrogen functional groups attached to an aromatic ring is 1. The summed E-state index contributed by atoms with van der Waals surface area (Å²) in [4.78, 5) is 7.93. The highest BCUT2D eigenvalue weighted by atomic mass is 35.5. The predicted octanol–water partition coefficient (Wildman–Crippen LogP) is 1.99. The average Bonchev–Trinajstić information content (AvgIpc) is 2.38. The van der Waals surface area contributed by atoms with Crippen molar-refractivity contribution in [2.45, 2.75) is 6.61 Å². The summed E-state index contributed by atoms with van der Waals surface area (Å²) in [6, 6.07) is 9.08. The van der Waals surface area contributed by atoms with Crippen LogP contribution in [0.2, 0.25) is 5.02 Å². The summed E-state index contributed by atoms with van der Waals surface area (Å²) in [5.74, 6) is -0.125. The molecular weight excluding hydrogens is 252 g/mol. The number of nitrogens with two attached hydrogens (primary N) is 1. The first-order valence-corrected chi connectivity index (χ1v) is 5.58. The van der Waals surface area contributed by atoms with Crippen molar-refractivity contribution >= 4 is 17.4 Å². The first kappa shape index (κ1) is 12.3. The number of ether oxygens (including phenoxy) is 1. The summed E-state index contributed by atoms with van der Waals surface area (Å²) < 4.78 is 5.40. The summed E-state index contributed by atoms with van der Waals surface area (Å²) in [5, 5.41) is 7.90. The zero-order chi connectivity index (χ0) is 13.0. The van der Waals surface area contributed by atoms with Crippen molar-refractivity contribution in [2.24, 2.45) is 5.73 Å². The molecule has 0 unspecified atom stereocenters. The second-order valence-electron chi connectivity index (χ2n) is 3.52. The first-order chi connectivity index (χ1) is 8.66. The fraction of sp³-hybridized carbons (Fsp3) is 0.0833. The van der Waals surface area contributed by atoms with Crippen LogP contribution in [0.25, 0.3) is 0 Å². The van der Waals surface area contributed by atoms with E-state index in [1.807, 2.05) is 18.2 Å². The van der Waals surface area contributed by atoms with Crippen LogP contribution in [-0.4, -0.2) is 15.8 Å². The van der Waals surface area contributed by atoms with Gasteiger partial charge in [-0.05, 0) is 12.1 Å². The Hall–Kier alpha value is -2.14. The fourth-order valence-corrected chi connectivity index (χ4v) is 1.51. The van der Waals surface area contributed by atoms with E-state index in [-0.39, 0.29) is 18.5 Å². The topological polar surface area (TPSA) is 84.9 Å². The van der Waals surface area contributed by atoms with Gasteiger partial charge in [0.05, 0.1) is 0 Å². The second-order valence-corrected chi connectivity index (χ2v) is 3.93. The molecule has 0 amide bonds. The van der Waals surface area contributed by atoms with Gasteiger partial charge in [0.15, 0.2) is 0 Å². The smallest absolute Gasteiger partial charge is 0.317 e. The molecule has 1 aromatic heterocycles. The number of hydrogen-bond donors (Lipinski definition) is 2. The van der Waals surface area contributed by atoms with Gasteiger partial charge in [-0.2, -0.15) is 4.98 Å². The molecule has 2 rings (SSSR count). The van der Waals surface area contributed by atoms with Crippen LogP contribution < -0.4 is 10.5 Å². The summed E-state index contributed by atoms with van der Waals surface area (Å²) >= 11 is 6.00. The number of nitrogens with zero attached hydrogens (tertiary/aromatic N) is 2. The van der Waals surface area contributed by atoms with Gasteiger partial charge in [-0.15, -0.1) is 0 Å². The number of amidine groups is 1. The van der Waals surface area contributed by atoms with Crippen LogP contribution in [0.15, 0.2) is 36.5 Å². The van der Waals surface area contributed by atoms with E-state index in [4.69, 9.17) is 27.5 Å². The molecule has 0 radical (unpaired) electrons. The Balaban J connectivity index is 2.09. The van der Waals surface area contributed by atoms with E-state index in [0.717, 1.165) is 5.56 Å². The van der Waals surface area contributed by atoms with Gasteiger partial charge in [-0.3, -0.25) is 5.41 Å². The SMILES string of the molecule is N=C(N)c1ccnc(OCc2ccccc2Cl)n1. The molecule has 5 nitrogen and oxygen atoms in total. The molecule has 0 aliphatic rings. The summed E-state index contributed by atoms with van der Waals surface area (Å²) in [6.45, 7) is 0.265. The minimum Gasteiger partial charge on any atom is -0.459 e. The molecule has 0 fully saturated rings. The van der Waals surface area contributed by atoms with Gasteiger partial charge < -0.3 is 10.5 Å². The Morgan fingerprint density at radius 2 is 2.11 bits per heavy atom. The van der Waals surface area contributed by atoms with Gasteiger partial charge in [0.25, 0.3) is 0 Å². The number of hydrogen-bond acceptors (Lipinski definition) is 4. The van der Waals surface area contributed by atoms with Crippen molar-refractivity contribution in [3.8, 4) is 6.01 Å². The van der Waals surface area contributed by atoms with Crippen molar-refractivity contribution in [1.29, 1.82) is 5.41 Å². The molecule has 0 aliphatic carbocycles. The molecule has 0 spiro atoms. The molecule has 0 bridgehead atoms. The van der Waals surface area contributed by atoms with Gasteiger partial charge in [0.2, 0.25) is 0 Å². The van der Waals surface area contributed by atoms with Crippen molar-refractivity contribution in [3.63, 3.8) is 0 Å². The highest BCUT2D eigenvalue weighted by Gasteiger charge is 2.04. The largest absolute Gasteiger partial charge is 0.459 e. The first-order valence-electron chi connectivity index (χ1n) is 5.20. The van der Waals surface area contributed by atoms with Crippen LogP contribution in [0.5, 0.6) is 6.01 Å². The Morgan fingerprint density at radius 1 is 1.33 bits per heavy atom. The van der Waals surface area contributed by atoms with E-state index < -0.39 is 0 Å². The van der Waals surface area contributed by atoms with E-state index in [0.29, 0.717) is 10.7 Å². The van der Waals surface area contributed by atoms with Crippen LogP contribution in [0, 0.1) is 5.41 Å². The summed E-state index contributed by atoms with van der Waals surface area (Å²) in [5.41, 5.74) is 6.51. The molecule has 3 N–H and O–H groups in total. The highest BCUT2D eigenvalue weighted by molar-refractivity contribution is 6.31. The Labute approximate surface area is 109 Å². The Bertz CT molecular complexity index is 574. The zero-order valence-electron chi connectivity index (χ0n) is 9.43. The lowest BCUT2D eigenvalue weighted by Crippen LogP contribution is -2.14. The summed E-state index contributed by atoms with van der Waals surface area (Å²) in [7, 11) is 0. The number of nitrogens with one attached hydrogen (secondary N) is 1. The summed E-state index contributed by atoms with van der Waals surface area (Å²) in [6.07, 6.45) is 1.49. The Morgan fingerprint density at radius 3 is 2.83 bits per heavy atom. The lowest BCUT2D eigenvalue weighted by atomic mass is 10.2. The molecule has 0 atom stereocenters. The lowest BCUT2D eigenvalue weighted by molar-refractivity contribution is 0.280. The van der Waals surface area contributed by atoms with Crippen molar-refractivity contribution in [2.75, 3.05) is 0 Å². The third-order valence-corrected chi connectivity index (χ3v) is 2.59. The predicted molar refractivity (Wildman–Crippen MR) is 68.8 cm³/mol. The molecule has 1 heterocycles. The third kappa shape index (κ3) is 2.95. The highest BCUT2D eigenvalue weighted by Crippen LogP contribution is 2.16. The molecule has 6 heteroatoms. The van der Waals surface area contributed by atoms with E-state index in [1.54, 1.807) is 12.1 Å². The van der Waals surface area contributed by atoms with Gasteiger partial charge in [-0.1, -0.05) is 29.8 Å². The molecule has 18 heavy (non-hydrogen) atoms. The average molecular weight is 263 g/mol. The standard InChI is InChI=1S/C12H11ClN4O/c13-9-4-2-1-3-8(9)7-18-12-16-6-5-10(17-12)11(14)15/h1-6H,7H2,(H3,14,15). The van der Waals surface area contributed by atoms with Gasteiger partial charge in [0, 0.05) is 16.8 Å². The van der Waals surface area contributed by atoms with Crippen LogP contribution in [0.1, 0.15) is 11.3 Å². The monoisotopic (exact) mass is 262 g/mol. The maximum atomic E-state index is 7.27. The number of aromatic nitrogens is 2. The maximum absolute atomic E-state index is 7.27. The van der Waals surface area contributed by atoms with E-state index in [2.05, 4.69) is 9.97 Å². The van der Waals surface area contributed by atoms with E-state index >= 15 is 0 Å². The minimum absolute atomic E-state index is 0.125. The van der Waals surface area contributed by atoms with Crippen molar-refractivity contribution in [3.05, 3.63) is 52.8 Å². The van der Waals surface area contributed by atoms with Crippen LogP contribution in [0.4, 0.5) is 0 Å². The number of halogens is 1. The molecule has 2 aromatic rings. The molecular formula is C12H11ClN4O. The van der Waals surface area contributed by atoms with Gasteiger partial charge in [-0.25, -0.2) is 4.98 Å². The van der Waals surface area contributed by atoms with E-state index in [1.165, 1.54) is 6.20 Å². The molecule has 1 aromatic carbocycles. The van der Waals surface area contributed by atoms with Gasteiger partial charge in [0.1, 0.15) is 18.1 Å². The van der Waals surface area contributed by atoms with Crippen molar-refractivity contribution in [1.82, 2.24) is 9.97 Å². The molecule has 0 saturated carbocycles. The molecule has 0 saturated heterocycles. The Kier molecular flexibility index (Phi) is 3.74. The minimum atomic E-state index is -0.125. The fourth-order valence-electron chi connectivity index (χ4n) is 1.32. The van der Waals surface area contributed by atoms with E-state index in [9.17, 15) is 0 Å². The quantitative estimate of drug-likeness (QED) is 0.652. The number of rotatable bonds is 4. The van der Waals surface area contributed by atoms with Crippen LogP contribution >= 0.6 is 11.6 Å². The van der Waals surface area contributed by atoms with Crippen LogP contribution in [0.3, 0.4) is 0 Å².